The Morgan fingerprint density at radius 3 is 2.63 bits per heavy atom. The maximum absolute atomic E-state index is 12.7. The maximum atomic E-state index is 12.7. The minimum absolute atomic E-state index is 0.344. The summed E-state index contributed by atoms with van der Waals surface area (Å²) in [5.41, 5.74) is 4.63. The van der Waals surface area contributed by atoms with Gasteiger partial charge >= 0.3 is 0 Å². The van der Waals surface area contributed by atoms with Crippen molar-refractivity contribution in [2.24, 2.45) is 0 Å². The van der Waals surface area contributed by atoms with Crippen molar-refractivity contribution in [3.63, 3.8) is 0 Å². The van der Waals surface area contributed by atoms with E-state index in [1.165, 1.54) is 17.6 Å². The summed E-state index contributed by atoms with van der Waals surface area (Å²) in [5, 5.41) is 17.6. The predicted octanol–water partition coefficient (Wildman–Crippen LogP) is 4.05. The van der Waals surface area contributed by atoms with Crippen molar-refractivity contribution in [2.45, 2.75) is 24.9 Å². The number of para-hydroxylation sites is 1. The highest BCUT2D eigenvalue weighted by atomic mass is 32.2. The van der Waals surface area contributed by atoms with E-state index in [4.69, 9.17) is 9.84 Å². The largest absolute Gasteiger partial charge is 0.495 e. The summed E-state index contributed by atoms with van der Waals surface area (Å²) in [6, 6.07) is 17.1. The second kappa shape index (κ2) is 12.0. The van der Waals surface area contributed by atoms with Gasteiger partial charge in [-0.25, -0.2) is 22.3 Å². The van der Waals surface area contributed by atoms with Gasteiger partial charge in [-0.15, -0.1) is 5.10 Å². The quantitative estimate of drug-likeness (QED) is 0.288. The number of methoxy groups -OCH3 is 1. The topological polar surface area (TPSA) is 112 Å². The van der Waals surface area contributed by atoms with Gasteiger partial charge < -0.3 is 20.1 Å². The number of aliphatic hydroxyl groups is 1. The van der Waals surface area contributed by atoms with E-state index in [-0.39, 0.29) is 0 Å². The number of rotatable bonds is 10. The Kier molecular flexibility index (Phi) is 8.43. The Morgan fingerprint density at radius 1 is 1.17 bits per heavy atom. The monoisotopic (exact) mass is 582 g/mol. The van der Waals surface area contributed by atoms with Crippen molar-refractivity contribution in [3.8, 4) is 17.0 Å². The summed E-state index contributed by atoms with van der Waals surface area (Å²) in [6.45, 7) is 1.25. The van der Waals surface area contributed by atoms with E-state index in [0.717, 1.165) is 48.3 Å². The number of nitrogens with one attached hydrogen (secondary N) is 1. The number of benzene rings is 2. The molecule has 2 aromatic heterocycles. The van der Waals surface area contributed by atoms with Crippen LogP contribution in [0, 0.1) is 0 Å². The van der Waals surface area contributed by atoms with Gasteiger partial charge in [-0.2, -0.15) is 0 Å². The fourth-order valence-electron chi connectivity index (χ4n) is 5.29. The lowest BCUT2D eigenvalue weighted by atomic mass is 9.89. The number of ether oxygens (including phenoxy) is 1. The molecule has 1 saturated heterocycles. The molecule has 0 spiro atoms. The van der Waals surface area contributed by atoms with Crippen molar-refractivity contribution >= 4 is 32.9 Å². The molecule has 5 rings (SSSR count). The molecule has 218 valence electrons. The van der Waals surface area contributed by atoms with Crippen LogP contribution in [-0.2, 0) is 10.0 Å². The van der Waals surface area contributed by atoms with Crippen molar-refractivity contribution in [3.05, 3.63) is 66.4 Å². The molecular weight excluding hydrogens is 547 g/mol. The number of anilines is 3. The zero-order chi connectivity index (χ0) is 29.1. The number of aromatic nitrogens is 3. The summed E-state index contributed by atoms with van der Waals surface area (Å²) in [5.74, 6) is 1.36. The van der Waals surface area contributed by atoms with Crippen LogP contribution < -0.4 is 14.4 Å². The van der Waals surface area contributed by atoms with Crippen LogP contribution in [0.15, 0.2) is 60.8 Å². The molecule has 1 atom stereocenters. The van der Waals surface area contributed by atoms with E-state index in [2.05, 4.69) is 21.3 Å². The number of hydrogen-bond donors (Lipinski definition) is 2. The molecule has 4 aromatic rings. The van der Waals surface area contributed by atoms with Gasteiger partial charge in [0.2, 0.25) is 16.0 Å². The Morgan fingerprint density at radius 2 is 1.93 bits per heavy atom. The molecule has 0 aliphatic carbocycles. The highest BCUT2D eigenvalue weighted by molar-refractivity contribution is 7.92. The third-order valence-corrected chi connectivity index (χ3v) is 8.79. The molecule has 0 saturated carbocycles. The SMILES string of the molecule is COc1cc(C2CCN(CC(O)CF)CC2)ccc1Nc1ncc2ccc(-c3ccccc3N(C)S(C)(=O)=O)n2n1. The van der Waals surface area contributed by atoms with Crippen molar-refractivity contribution < 1.29 is 22.7 Å². The van der Waals surface area contributed by atoms with Gasteiger partial charge in [-0.1, -0.05) is 24.3 Å². The molecule has 0 bridgehead atoms. The van der Waals surface area contributed by atoms with Crippen LogP contribution in [0.3, 0.4) is 0 Å². The average Bonchev–Trinajstić information content (AvgIpc) is 3.40. The normalized spacial score (nSPS) is 15.6. The Labute approximate surface area is 239 Å². The van der Waals surface area contributed by atoms with E-state index in [1.807, 2.05) is 36.4 Å². The number of sulfonamides is 1. The third kappa shape index (κ3) is 6.29. The maximum Gasteiger partial charge on any atom is 0.245 e. The number of alkyl halides is 1. The van der Waals surface area contributed by atoms with Crippen LogP contribution in [0.5, 0.6) is 5.75 Å². The van der Waals surface area contributed by atoms with Gasteiger partial charge in [0.1, 0.15) is 12.4 Å². The van der Waals surface area contributed by atoms with Crippen LogP contribution in [0.4, 0.5) is 21.7 Å². The first-order chi connectivity index (χ1) is 19.7. The fourth-order valence-corrected chi connectivity index (χ4v) is 5.80. The lowest BCUT2D eigenvalue weighted by Crippen LogP contribution is -2.39. The van der Waals surface area contributed by atoms with E-state index in [9.17, 15) is 17.9 Å². The molecule has 41 heavy (non-hydrogen) atoms. The summed E-state index contributed by atoms with van der Waals surface area (Å²) < 4.78 is 45.9. The van der Waals surface area contributed by atoms with Gasteiger partial charge in [0, 0.05) is 19.2 Å². The third-order valence-electron chi connectivity index (χ3n) is 7.59. The van der Waals surface area contributed by atoms with Crippen LogP contribution in [0.2, 0.25) is 0 Å². The second-order valence-corrected chi connectivity index (χ2v) is 12.4. The number of hydrogen-bond acceptors (Lipinski definition) is 8. The van der Waals surface area contributed by atoms with Gasteiger partial charge in [-0.05, 0) is 67.7 Å². The molecule has 0 amide bonds. The summed E-state index contributed by atoms with van der Waals surface area (Å²) in [4.78, 5) is 6.58. The first-order valence-electron chi connectivity index (χ1n) is 13.5. The Balaban J connectivity index is 1.38. The Bertz CT molecular complexity index is 1620. The zero-order valence-corrected chi connectivity index (χ0v) is 24.2. The van der Waals surface area contributed by atoms with Crippen LogP contribution in [0.1, 0.15) is 24.3 Å². The lowest BCUT2D eigenvalue weighted by molar-refractivity contribution is 0.0780. The highest BCUT2D eigenvalue weighted by Crippen LogP contribution is 2.36. The molecule has 0 radical (unpaired) electrons. The van der Waals surface area contributed by atoms with Crippen molar-refractivity contribution in [2.75, 3.05) is 56.3 Å². The van der Waals surface area contributed by atoms with E-state index >= 15 is 0 Å². The molecule has 10 nitrogen and oxygen atoms in total. The first-order valence-corrected chi connectivity index (χ1v) is 15.3. The van der Waals surface area contributed by atoms with Gasteiger partial charge in [0.15, 0.2) is 0 Å². The molecule has 12 heteroatoms. The zero-order valence-electron chi connectivity index (χ0n) is 23.4. The predicted molar refractivity (Wildman–Crippen MR) is 158 cm³/mol. The fraction of sp³-hybridized carbons (Fsp3) is 0.379. The molecule has 1 fully saturated rings. The highest BCUT2D eigenvalue weighted by Gasteiger charge is 2.23. The number of fused-ring (bicyclic) bond motifs is 1. The van der Waals surface area contributed by atoms with Crippen LogP contribution in [-0.4, -0.2) is 85.8 Å². The summed E-state index contributed by atoms with van der Waals surface area (Å²) in [6.07, 6.45) is 3.79. The standard InChI is InChI=1S/C29H35FN6O4S/c1-34(41(3,38)39)26-7-5-4-6-24(26)27-11-9-22-18-31-29(33-36(22)27)32-25-10-8-21(16-28(25)40-2)20-12-14-35(15-13-20)19-23(37)17-30/h4-11,16,18,20,23,37H,12-15,17,19H2,1-3H3,(H,32,33). The Hall–Kier alpha value is -3.74. The van der Waals surface area contributed by atoms with Crippen molar-refractivity contribution in [1.82, 2.24) is 19.5 Å². The van der Waals surface area contributed by atoms with Gasteiger partial charge in [0.05, 0.1) is 48.3 Å². The number of likely N-dealkylation sites (tertiary alicyclic amines) is 1. The summed E-state index contributed by atoms with van der Waals surface area (Å²) >= 11 is 0. The molecular formula is C29H35FN6O4S. The van der Waals surface area contributed by atoms with Crippen LogP contribution in [0.25, 0.3) is 16.8 Å². The number of β-amino-alcohol motifs (C(OH)–C–C–N with tert-alkyl or cyclic N) is 1. The van der Waals surface area contributed by atoms with Gasteiger partial charge in [0.25, 0.3) is 0 Å². The first kappa shape index (κ1) is 28.8. The number of aliphatic hydroxyl groups excluding tert-OH is 1. The van der Waals surface area contributed by atoms with Crippen molar-refractivity contribution in [1.29, 1.82) is 0 Å². The van der Waals surface area contributed by atoms with Gasteiger partial charge in [-0.3, -0.25) is 4.31 Å². The number of nitrogens with zero attached hydrogens (tertiary/aromatic N) is 5. The lowest BCUT2D eigenvalue weighted by Gasteiger charge is -2.33. The minimum Gasteiger partial charge on any atom is -0.495 e. The van der Waals surface area contributed by atoms with E-state index < -0.39 is 22.8 Å². The second-order valence-electron chi connectivity index (χ2n) is 10.4. The molecule has 2 aromatic carbocycles. The number of halogens is 1. The summed E-state index contributed by atoms with van der Waals surface area (Å²) in [7, 11) is -0.311. The average molecular weight is 583 g/mol. The van der Waals surface area contributed by atoms with Crippen LogP contribution >= 0.6 is 0 Å². The molecule has 1 aliphatic heterocycles. The number of piperidine rings is 1. The van der Waals surface area contributed by atoms with E-state index in [1.54, 1.807) is 30.0 Å². The minimum atomic E-state index is -3.46. The molecule has 3 heterocycles. The molecule has 1 aliphatic rings. The smallest absolute Gasteiger partial charge is 0.245 e. The molecule has 2 N–H and O–H groups in total. The molecule has 1 unspecified atom stereocenters. The van der Waals surface area contributed by atoms with E-state index in [0.29, 0.717) is 35.5 Å².